The molecule has 0 spiro atoms. The third kappa shape index (κ3) is 60.0. The zero-order chi connectivity index (χ0) is 59.8. The molecule has 0 aliphatic heterocycles. The van der Waals surface area contributed by atoms with Gasteiger partial charge in [0.15, 0.2) is 6.10 Å². The molecule has 0 rings (SSSR count). The van der Waals surface area contributed by atoms with Gasteiger partial charge in [-0.25, -0.2) is 4.57 Å². The molecule has 0 aromatic heterocycles. The summed E-state index contributed by atoms with van der Waals surface area (Å²) < 4.78 is 39.6. The highest BCUT2D eigenvalue weighted by atomic mass is 31.2. The first-order valence-corrected chi connectivity index (χ1v) is 33.2. The molecule has 0 bridgehead atoms. The molecule has 0 amide bonds. The number of hydrogen-bond donors (Lipinski definition) is 2. The normalized spacial score (nSPS) is 14.3. The molecule has 12 heteroatoms. The van der Waals surface area contributed by atoms with Crippen LogP contribution >= 0.6 is 7.82 Å². The van der Waals surface area contributed by atoms with Gasteiger partial charge < -0.3 is 24.2 Å². The summed E-state index contributed by atoms with van der Waals surface area (Å²) in [7, 11) is -4.79. The lowest BCUT2D eigenvalue weighted by Crippen LogP contribution is -2.30. The number of aliphatic hydroxyl groups is 1. The van der Waals surface area contributed by atoms with Crippen molar-refractivity contribution in [3.8, 4) is 0 Å². The number of carbonyl (C=O) groups is 3. The number of unbranched alkanes of at least 4 members (excludes halogenated alkanes) is 16. The Hall–Kier alpha value is -4.64. The number of allylic oxidation sites excluding steroid dienone is 24. The predicted octanol–water partition coefficient (Wildman–Crippen LogP) is 19.5. The lowest BCUT2D eigenvalue weighted by molar-refractivity contribution is -0.161. The van der Waals surface area contributed by atoms with Crippen molar-refractivity contribution in [2.75, 3.05) is 26.4 Å². The van der Waals surface area contributed by atoms with Crippen LogP contribution in [-0.4, -0.2) is 66.5 Å². The number of hydrogen-bond acceptors (Lipinski definition) is 10. The minimum Gasteiger partial charge on any atom is -0.462 e. The highest BCUT2D eigenvalue weighted by Gasteiger charge is 2.28. The molecule has 0 saturated carbocycles. The molecule has 0 radical (unpaired) electrons. The molecule has 0 aromatic carbocycles. The minimum atomic E-state index is -4.79. The van der Waals surface area contributed by atoms with Crippen LogP contribution in [0.25, 0.3) is 0 Å². The van der Waals surface area contributed by atoms with Crippen LogP contribution in [0.1, 0.15) is 239 Å². The number of esters is 3. The van der Waals surface area contributed by atoms with E-state index in [0.29, 0.717) is 25.7 Å². The molecule has 0 aliphatic carbocycles. The second-order valence-corrected chi connectivity index (χ2v) is 21.9. The van der Waals surface area contributed by atoms with Gasteiger partial charge in [-0.3, -0.25) is 23.4 Å². The second kappa shape index (κ2) is 62.4. The second-order valence-electron chi connectivity index (χ2n) is 20.5. The number of phosphoric acid groups is 1. The van der Waals surface area contributed by atoms with Crippen molar-refractivity contribution >= 4 is 25.7 Å². The van der Waals surface area contributed by atoms with Crippen LogP contribution in [0, 0.1) is 0 Å². The summed E-state index contributed by atoms with van der Waals surface area (Å²) in [5.74, 6) is -1.57. The average Bonchev–Trinajstić information content (AvgIpc) is 3.49. The Morgan fingerprint density at radius 2 is 0.646 bits per heavy atom. The van der Waals surface area contributed by atoms with Crippen LogP contribution in [0.3, 0.4) is 0 Å². The predicted molar refractivity (Wildman–Crippen MR) is 343 cm³/mol. The Morgan fingerprint density at radius 3 is 1.02 bits per heavy atom. The molecule has 3 atom stereocenters. The summed E-state index contributed by atoms with van der Waals surface area (Å²) in [5, 5.41) is 9.84. The zero-order valence-corrected chi connectivity index (χ0v) is 52.3. The van der Waals surface area contributed by atoms with E-state index in [1.807, 2.05) is 12.2 Å². The van der Waals surface area contributed by atoms with E-state index in [1.165, 1.54) is 25.7 Å². The summed E-state index contributed by atoms with van der Waals surface area (Å²) >= 11 is 0. The highest BCUT2D eigenvalue weighted by Crippen LogP contribution is 2.43. The van der Waals surface area contributed by atoms with Crippen LogP contribution in [0.5, 0.6) is 0 Å². The van der Waals surface area contributed by atoms with Gasteiger partial charge in [0.25, 0.3) is 0 Å². The Kier molecular flexibility index (Phi) is 58.9. The first kappa shape index (κ1) is 77.4. The summed E-state index contributed by atoms with van der Waals surface area (Å²) in [5.41, 5.74) is 0. The van der Waals surface area contributed by atoms with Crippen molar-refractivity contribution in [2.45, 2.75) is 251 Å². The largest absolute Gasteiger partial charge is 0.472 e. The van der Waals surface area contributed by atoms with E-state index in [9.17, 15) is 28.9 Å². The fourth-order valence-corrected chi connectivity index (χ4v) is 8.76. The van der Waals surface area contributed by atoms with Crippen molar-refractivity contribution < 1.29 is 52.2 Å². The van der Waals surface area contributed by atoms with Crippen LogP contribution in [0.2, 0.25) is 0 Å². The van der Waals surface area contributed by atoms with Crippen molar-refractivity contribution in [1.82, 2.24) is 0 Å². The van der Waals surface area contributed by atoms with Gasteiger partial charge in [0.1, 0.15) is 12.7 Å². The van der Waals surface area contributed by atoms with Gasteiger partial charge in [0, 0.05) is 19.3 Å². The smallest absolute Gasteiger partial charge is 0.462 e. The van der Waals surface area contributed by atoms with Crippen molar-refractivity contribution in [3.63, 3.8) is 0 Å². The number of carbonyl (C=O) groups excluding carboxylic acids is 3. The molecule has 0 saturated heterocycles. The quantitative estimate of drug-likeness (QED) is 0.0197. The summed E-state index contributed by atoms with van der Waals surface area (Å²) in [6.07, 6.45) is 80.8. The molecule has 2 N–H and O–H groups in total. The zero-order valence-electron chi connectivity index (χ0n) is 51.4. The first-order valence-electron chi connectivity index (χ1n) is 31.7. The van der Waals surface area contributed by atoms with Crippen molar-refractivity contribution in [3.05, 3.63) is 146 Å². The van der Waals surface area contributed by atoms with Crippen LogP contribution in [-0.2, 0) is 42.2 Å². The number of phosphoric ester groups is 1. The number of aliphatic hydroxyl groups excluding tert-OH is 1. The lowest BCUT2D eigenvalue weighted by Gasteiger charge is -2.21. The maximum absolute atomic E-state index is 13.0. The number of rotatable bonds is 57. The molecule has 11 nitrogen and oxygen atoms in total. The van der Waals surface area contributed by atoms with Crippen molar-refractivity contribution in [1.29, 1.82) is 0 Å². The molecule has 82 heavy (non-hydrogen) atoms. The number of ether oxygens (including phenoxy) is 3. The summed E-state index contributed by atoms with van der Waals surface area (Å²) in [6.45, 7) is 4.29. The van der Waals surface area contributed by atoms with Crippen LogP contribution in [0.4, 0.5) is 0 Å². The highest BCUT2D eigenvalue weighted by molar-refractivity contribution is 7.47. The monoisotopic (exact) mass is 1160 g/mol. The molecule has 464 valence electrons. The summed E-state index contributed by atoms with van der Waals surface area (Å²) in [6, 6.07) is 0. The van der Waals surface area contributed by atoms with E-state index in [1.54, 1.807) is 0 Å². The summed E-state index contributed by atoms with van der Waals surface area (Å²) in [4.78, 5) is 48.8. The van der Waals surface area contributed by atoms with E-state index < -0.39 is 57.8 Å². The third-order valence-electron chi connectivity index (χ3n) is 12.7. The fourth-order valence-electron chi connectivity index (χ4n) is 7.98. The van der Waals surface area contributed by atoms with Crippen molar-refractivity contribution in [2.24, 2.45) is 0 Å². The van der Waals surface area contributed by atoms with Gasteiger partial charge in [-0.15, -0.1) is 0 Å². The molecular formula is C70H113O11P. The minimum absolute atomic E-state index is 0.0892. The van der Waals surface area contributed by atoms with Gasteiger partial charge in [-0.2, -0.15) is 0 Å². The van der Waals surface area contributed by atoms with E-state index >= 15 is 0 Å². The van der Waals surface area contributed by atoms with Gasteiger partial charge in [-0.1, -0.05) is 231 Å². The standard InChI is InChI=1S/C70H113O11P/c1-4-7-10-13-16-19-22-25-28-31-33-36-38-41-44-47-50-53-56-59-68(72)77-63-67(81-70(74)61-58-55-52-49-46-43-40-37-34-32-29-26-23-20-17-14-11-8-5-2)65-79-82(75,76)78-64-66(62-71)80-69(73)60-57-54-51-48-45-42-39-35-30-27-24-21-18-15-12-9-6-3/h8-9,11-12,16-21,25-30,33-34,36-37,39,42,48,51,66-67,71H,4-7,10,13-15,22-24,31-32,35,38,40-41,43-47,49-50,52-65H2,1-3H3,(H,75,76)/b11-8-,12-9-,19-16-,20-17-,21-18-,28-25-,29-26-,30-27-,36-33-,37-34-,42-39-,51-48-. The van der Waals surface area contributed by atoms with Crippen LogP contribution < -0.4 is 0 Å². The van der Waals surface area contributed by atoms with E-state index in [2.05, 4.69) is 154 Å². The SMILES string of the molecule is CC/C=C\C/C=C\C/C=C\C/C=C\C/C=C\CCCC(=O)OC(CO)COP(=O)(O)OCC(COC(=O)CCCCCCCC/C=C\C/C=C\C/C=C\CCCCC)OC(=O)CCCCCCCC/C=C\C/C=C\C/C=C\C/C=C\CC. The maximum Gasteiger partial charge on any atom is 0.472 e. The lowest BCUT2D eigenvalue weighted by atomic mass is 10.1. The van der Waals surface area contributed by atoms with Gasteiger partial charge in [-0.05, 0) is 135 Å². The van der Waals surface area contributed by atoms with Gasteiger partial charge >= 0.3 is 25.7 Å². The van der Waals surface area contributed by atoms with Gasteiger partial charge in [0.05, 0.1) is 19.8 Å². The van der Waals surface area contributed by atoms with Crippen LogP contribution in [0.15, 0.2) is 146 Å². The molecular weight excluding hydrogens is 1050 g/mol. The fraction of sp³-hybridized carbons (Fsp3) is 0.614. The Labute approximate surface area is 499 Å². The third-order valence-corrected chi connectivity index (χ3v) is 13.7. The molecule has 0 fully saturated rings. The molecule has 0 aromatic rings. The van der Waals surface area contributed by atoms with E-state index in [4.69, 9.17) is 23.3 Å². The molecule has 0 heterocycles. The topological polar surface area (TPSA) is 155 Å². The average molecular weight is 1160 g/mol. The maximum atomic E-state index is 13.0. The van der Waals surface area contributed by atoms with Gasteiger partial charge in [0.2, 0.25) is 0 Å². The Bertz CT molecular complexity index is 1930. The Balaban J connectivity index is 4.84. The Morgan fingerprint density at radius 1 is 0.354 bits per heavy atom. The molecule has 0 aliphatic rings. The first-order chi connectivity index (χ1) is 40.2. The van der Waals surface area contributed by atoms with E-state index in [0.717, 1.165) is 148 Å². The van der Waals surface area contributed by atoms with E-state index in [-0.39, 0.29) is 25.9 Å². The molecule has 3 unspecified atom stereocenters.